The second-order valence-corrected chi connectivity index (χ2v) is 7.55. The first-order valence-corrected chi connectivity index (χ1v) is 10.6. The van der Waals surface area contributed by atoms with Gasteiger partial charge in [-0.15, -0.1) is 0 Å². The van der Waals surface area contributed by atoms with Crippen molar-refractivity contribution < 1.29 is 14.3 Å². The van der Waals surface area contributed by atoms with Crippen LogP contribution in [0, 0.1) is 0 Å². The van der Waals surface area contributed by atoms with Gasteiger partial charge in [-0.1, -0.05) is 30.3 Å². The molecule has 2 aromatic carbocycles. The highest BCUT2D eigenvalue weighted by molar-refractivity contribution is 5.97. The minimum atomic E-state index is -0.263. The van der Waals surface area contributed by atoms with Gasteiger partial charge >= 0.3 is 0 Å². The largest absolute Gasteiger partial charge is 0.483 e. The number of H-pyrrole nitrogens is 1. The number of carbonyl (C=O) groups excluding carboxylic acids is 2. The lowest BCUT2D eigenvalue weighted by atomic mass is 10.1. The average molecular weight is 439 g/mol. The summed E-state index contributed by atoms with van der Waals surface area (Å²) in [5.41, 5.74) is 4.34. The van der Waals surface area contributed by atoms with Crippen molar-refractivity contribution in [1.82, 2.24) is 20.3 Å². The van der Waals surface area contributed by atoms with Crippen molar-refractivity contribution in [3.05, 3.63) is 84.2 Å². The molecule has 8 heteroatoms. The molecule has 0 spiro atoms. The molecule has 0 fully saturated rings. The Morgan fingerprint density at radius 2 is 1.85 bits per heavy atom. The molecule has 33 heavy (non-hydrogen) atoms. The summed E-state index contributed by atoms with van der Waals surface area (Å²) < 4.78 is 5.80. The monoisotopic (exact) mass is 439 g/mol. The molecule has 2 aromatic heterocycles. The summed E-state index contributed by atoms with van der Waals surface area (Å²) in [6, 6.07) is 20.1. The maximum absolute atomic E-state index is 12.3. The lowest BCUT2D eigenvalue weighted by Crippen LogP contribution is -2.31. The highest BCUT2D eigenvalue weighted by Crippen LogP contribution is 2.29. The Morgan fingerprint density at radius 1 is 1.03 bits per heavy atom. The number of para-hydroxylation sites is 2. The molecule has 0 bridgehead atoms. The molecule has 1 aliphatic heterocycles. The fraction of sp³-hybridized carbons (Fsp3) is 0.120. The number of amides is 2. The molecule has 4 aromatic rings. The van der Waals surface area contributed by atoms with Crippen LogP contribution in [0.3, 0.4) is 0 Å². The minimum Gasteiger partial charge on any atom is -0.483 e. The summed E-state index contributed by atoms with van der Waals surface area (Å²) >= 11 is 0. The molecular weight excluding hydrogens is 418 g/mol. The predicted octanol–water partition coefficient (Wildman–Crippen LogP) is 3.44. The molecule has 0 aliphatic carbocycles. The van der Waals surface area contributed by atoms with E-state index in [1.807, 2.05) is 54.6 Å². The van der Waals surface area contributed by atoms with Crippen LogP contribution in [0.15, 0.2) is 72.9 Å². The van der Waals surface area contributed by atoms with Crippen molar-refractivity contribution in [1.29, 1.82) is 0 Å². The van der Waals surface area contributed by atoms with E-state index in [1.165, 1.54) is 0 Å². The zero-order valence-corrected chi connectivity index (χ0v) is 17.7. The summed E-state index contributed by atoms with van der Waals surface area (Å²) in [6.07, 6.45) is 2.41. The van der Waals surface area contributed by atoms with Gasteiger partial charge in [0, 0.05) is 30.5 Å². The number of hydrogen-bond acceptors (Lipinski definition) is 5. The third-order valence-electron chi connectivity index (χ3n) is 5.28. The molecule has 0 radical (unpaired) electrons. The summed E-state index contributed by atoms with van der Waals surface area (Å²) in [5, 5.41) is 5.64. The zero-order valence-electron chi connectivity index (χ0n) is 17.7. The zero-order chi connectivity index (χ0) is 22.6. The fourth-order valence-electron chi connectivity index (χ4n) is 3.71. The van der Waals surface area contributed by atoms with E-state index in [-0.39, 0.29) is 18.4 Å². The van der Waals surface area contributed by atoms with E-state index in [9.17, 15) is 9.59 Å². The first-order valence-electron chi connectivity index (χ1n) is 10.6. The molecule has 3 N–H and O–H groups in total. The number of fused-ring (bicyclic) bond motifs is 1. The van der Waals surface area contributed by atoms with Crippen molar-refractivity contribution in [2.75, 3.05) is 18.5 Å². The van der Waals surface area contributed by atoms with E-state index >= 15 is 0 Å². The molecular formula is C25H21N5O3. The SMILES string of the molecule is O=C(COc1ccccc1-c1nccc(-c2cc3c([nH]2)CCNC3=O)n1)Nc1ccccc1. The van der Waals surface area contributed by atoms with Crippen LogP contribution >= 0.6 is 0 Å². The number of nitrogens with one attached hydrogen (secondary N) is 3. The fourth-order valence-corrected chi connectivity index (χ4v) is 3.71. The summed E-state index contributed by atoms with van der Waals surface area (Å²) in [7, 11) is 0. The lowest BCUT2D eigenvalue weighted by molar-refractivity contribution is -0.118. The molecule has 2 amide bonds. The third kappa shape index (κ3) is 4.45. The number of benzene rings is 2. The number of ether oxygens (including phenoxy) is 1. The van der Waals surface area contributed by atoms with Crippen molar-refractivity contribution in [2.24, 2.45) is 0 Å². The summed E-state index contributed by atoms with van der Waals surface area (Å²) in [6.45, 7) is 0.466. The maximum Gasteiger partial charge on any atom is 0.262 e. The van der Waals surface area contributed by atoms with Crippen LogP contribution in [0.5, 0.6) is 5.75 Å². The van der Waals surface area contributed by atoms with Crippen LogP contribution in [-0.2, 0) is 11.2 Å². The quantitative estimate of drug-likeness (QED) is 0.426. The van der Waals surface area contributed by atoms with Gasteiger partial charge in [-0.3, -0.25) is 9.59 Å². The Hall–Kier alpha value is -4.46. The van der Waals surface area contributed by atoms with Gasteiger partial charge in [0.2, 0.25) is 0 Å². The Labute approximate surface area is 190 Å². The van der Waals surface area contributed by atoms with Gasteiger partial charge in [0.1, 0.15) is 5.75 Å². The highest BCUT2D eigenvalue weighted by Gasteiger charge is 2.21. The molecule has 8 nitrogen and oxygen atoms in total. The number of rotatable bonds is 6. The van der Waals surface area contributed by atoms with E-state index in [1.54, 1.807) is 18.3 Å². The van der Waals surface area contributed by atoms with Gasteiger partial charge in [-0.2, -0.15) is 0 Å². The summed E-state index contributed by atoms with van der Waals surface area (Å²) in [5.74, 6) is 0.619. The normalized spacial score (nSPS) is 12.5. The number of nitrogens with zero attached hydrogens (tertiary/aromatic N) is 2. The number of hydrogen-bond donors (Lipinski definition) is 3. The van der Waals surface area contributed by atoms with Gasteiger partial charge in [0.15, 0.2) is 12.4 Å². The second-order valence-electron chi connectivity index (χ2n) is 7.55. The van der Waals surface area contributed by atoms with Crippen molar-refractivity contribution in [3.8, 4) is 28.5 Å². The van der Waals surface area contributed by atoms with E-state index in [0.717, 1.165) is 17.8 Å². The van der Waals surface area contributed by atoms with Crippen LogP contribution < -0.4 is 15.4 Å². The molecule has 164 valence electrons. The van der Waals surface area contributed by atoms with Gasteiger partial charge in [-0.25, -0.2) is 9.97 Å². The van der Waals surface area contributed by atoms with E-state index in [2.05, 4.69) is 25.6 Å². The smallest absolute Gasteiger partial charge is 0.262 e. The predicted molar refractivity (Wildman–Crippen MR) is 124 cm³/mol. The topological polar surface area (TPSA) is 109 Å². The lowest BCUT2D eigenvalue weighted by Gasteiger charge is -2.11. The number of anilines is 1. The molecule has 3 heterocycles. The van der Waals surface area contributed by atoms with Crippen LogP contribution in [-0.4, -0.2) is 39.9 Å². The molecule has 0 unspecified atom stereocenters. The van der Waals surface area contributed by atoms with Gasteiger partial charge < -0.3 is 20.4 Å². The van der Waals surface area contributed by atoms with Crippen molar-refractivity contribution in [3.63, 3.8) is 0 Å². The third-order valence-corrected chi connectivity index (χ3v) is 5.28. The van der Waals surface area contributed by atoms with E-state index in [0.29, 0.717) is 40.6 Å². The standard InChI is InChI=1S/C25H21N5O3/c31-23(28-16-6-2-1-3-7-16)15-33-22-9-5-4-8-17(22)24-26-12-11-20(30-24)21-14-18-19(29-21)10-13-27-25(18)32/h1-9,11-12,14,29H,10,13,15H2,(H,27,32)(H,28,31). The van der Waals surface area contributed by atoms with Crippen LogP contribution in [0.2, 0.25) is 0 Å². The van der Waals surface area contributed by atoms with Crippen LogP contribution in [0.25, 0.3) is 22.8 Å². The summed E-state index contributed by atoms with van der Waals surface area (Å²) in [4.78, 5) is 36.8. The van der Waals surface area contributed by atoms with E-state index < -0.39 is 0 Å². The average Bonchev–Trinajstić information content (AvgIpc) is 3.30. The number of aromatic nitrogens is 3. The Balaban J connectivity index is 1.36. The Bertz CT molecular complexity index is 1320. The van der Waals surface area contributed by atoms with Crippen LogP contribution in [0.1, 0.15) is 16.1 Å². The molecule has 0 atom stereocenters. The molecule has 5 rings (SSSR count). The van der Waals surface area contributed by atoms with Gasteiger partial charge in [0.25, 0.3) is 11.8 Å². The van der Waals surface area contributed by atoms with Crippen LogP contribution in [0.4, 0.5) is 5.69 Å². The van der Waals surface area contributed by atoms with Crippen molar-refractivity contribution in [2.45, 2.75) is 6.42 Å². The molecule has 0 saturated heterocycles. The van der Waals surface area contributed by atoms with Crippen molar-refractivity contribution >= 4 is 17.5 Å². The van der Waals surface area contributed by atoms with Gasteiger partial charge in [0.05, 0.1) is 22.5 Å². The van der Waals surface area contributed by atoms with Gasteiger partial charge in [-0.05, 0) is 36.4 Å². The second kappa shape index (κ2) is 8.96. The minimum absolute atomic E-state index is 0.0828. The highest BCUT2D eigenvalue weighted by atomic mass is 16.5. The number of aromatic amines is 1. The van der Waals surface area contributed by atoms with E-state index in [4.69, 9.17) is 4.74 Å². The first kappa shape index (κ1) is 20.4. The first-order chi connectivity index (χ1) is 16.2. The number of carbonyl (C=O) groups is 2. The molecule has 1 aliphatic rings. The molecule has 0 saturated carbocycles. The maximum atomic E-state index is 12.3. The Morgan fingerprint density at radius 3 is 2.70 bits per heavy atom. The Kier molecular flexibility index (Phi) is 5.55.